The second-order valence-electron chi connectivity index (χ2n) is 13.7. The molecule has 3 aliphatic rings. The van der Waals surface area contributed by atoms with Gasteiger partial charge >= 0.3 is 0 Å². The molecule has 0 aliphatic carbocycles. The molecular formula is C39H39N3O3Si. The molecule has 2 N–H and O–H groups in total. The highest BCUT2D eigenvalue weighted by Gasteiger charge is 2.51. The van der Waals surface area contributed by atoms with Crippen LogP contribution in [0.15, 0.2) is 115 Å². The second-order valence-corrected chi connectivity index (χ2v) is 18.0. The van der Waals surface area contributed by atoms with Crippen molar-refractivity contribution >= 4 is 46.8 Å². The van der Waals surface area contributed by atoms with Crippen LogP contribution in [0, 0.1) is 0 Å². The predicted octanol–water partition coefficient (Wildman–Crippen LogP) is 5.88. The van der Waals surface area contributed by atoms with E-state index in [2.05, 4.69) is 133 Å². The number of aliphatic hydroxyl groups is 1. The number of aryl methyl sites for hydroxylation is 1. The Morgan fingerprint density at radius 3 is 2.20 bits per heavy atom. The average molecular weight is 626 g/mol. The van der Waals surface area contributed by atoms with Crippen LogP contribution >= 0.6 is 0 Å². The predicted molar refractivity (Wildman–Crippen MR) is 187 cm³/mol. The lowest BCUT2D eigenvalue weighted by Gasteiger charge is -2.43. The number of fused-ring (bicyclic) bond motifs is 9. The molecule has 3 aliphatic heterocycles. The third-order valence-corrected chi connectivity index (χ3v) is 15.1. The molecule has 5 aromatic rings. The van der Waals surface area contributed by atoms with E-state index in [4.69, 9.17) is 4.43 Å². The number of hydrogen-bond acceptors (Lipinski definition) is 4. The topological polar surface area (TPSA) is 66.7 Å². The number of rotatable bonds is 7. The van der Waals surface area contributed by atoms with Crippen molar-refractivity contribution in [2.75, 3.05) is 11.5 Å². The van der Waals surface area contributed by atoms with Gasteiger partial charge in [0.1, 0.15) is 5.70 Å². The molecule has 8 rings (SSSR count). The van der Waals surface area contributed by atoms with E-state index in [1.54, 1.807) is 0 Å². The molecule has 0 bridgehead atoms. The molecule has 0 fully saturated rings. The quantitative estimate of drug-likeness (QED) is 0.175. The Labute approximate surface area is 271 Å². The molecule has 4 aromatic carbocycles. The number of hydrogen-bond donors (Lipinski definition) is 2. The standard InChI is InChI=1S/C39H39N3O3Si/c1-39(2,3)46(27-16-6-4-7-17-27,28-18-8-5-9-19-28)45-24-14-23-41-31-22-13-11-20-29(31)33-34-36(38(44)40-37(34)43)42-30-21-12-10-15-26(30)25-32(42)35(33)41/h4-13,15-22,32,37,43H,14,23-25H2,1-3H3,(H,40,44). The number of aliphatic hydroxyl groups excluding tert-OH is 1. The summed E-state index contributed by atoms with van der Waals surface area (Å²) in [6.07, 6.45) is 0.576. The fourth-order valence-corrected chi connectivity index (χ4v) is 12.9. The monoisotopic (exact) mass is 625 g/mol. The minimum atomic E-state index is -2.66. The zero-order valence-electron chi connectivity index (χ0n) is 26.5. The van der Waals surface area contributed by atoms with E-state index in [0.717, 1.165) is 47.2 Å². The van der Waals surface area contributed by atoms with Crippen LogP contribution in [0.5, 0.6) is 0 Å². The van der Waals surface area contributed by atoms with Crippen LogP contribution in [-0.4, -0.2) is 36.7 Å². The smallest absolute Gasteiger partial charge is 0.270 e. The molecule has 0 spiro atoms. The van der Waals surface area contributed by atoms with Gasteiger partial charge in [0, 0.05) is 53.0 Å². The number of benzene rings is 4. The lowest BCUT2D eigenvalue weighted by atomic mass is 9.91. The van der Waals surface area contributed by atoms with Crippen molar-refractivity contribution in [2.24, 2.45) is 0 Å². The number of carbonyl (C=O) groups is 1. The summed E-state index contributed by atoms with van der Waals surface area (Å²) in [6.45, 7) is 8.31. The summed E-state index contributed by atoms with van der Waals surface area (Å²) in [6, 6.07) is 38.3. The van der Waals surface area contributed by atoms with Gasteiger partial charge in [0.15, 0.2) is 6.23 Å². The number of anilines is 1. The molecule has 0 radical (unpaired) electrons. The average Bonchev–Trinajstić information content (AvgIpc) is 3.70. The van der Waals surface area contributed by atoms with E-state index in [1.165, 1.54) is 15.9 Å². The minimum Gasteiger partial charge on any atom is -0.407 e. The van der Waals surface area contributed by atoms with Crippen molar-refractivity contribution in [3.63, 3.8) is 0 Å². The fraction of sp³-hybridized carbons (Fsp3) is 0.256. The van der Waals surface area contributed by atoms with Gasteiger partial charge in [-0.2, -0.15) is 0 Å². The maximum absolute atomic E-state index is 13.4. The summed E-state index contributed by atoms with van der Waals surface area (Å²) in [5, 5.41) is 17.6. The van der Waals surface area contributed by atoms with Crippen molar-refractivity contribution in [3.05, 3.63) is 132 Å². The van der Waals surface area contributed by atoms with Crippen molar-refractivity contribution in [3.8, 4) is 0 Å². The number of nitrogens with zero attached hydrogens (tertiary/aromatic N) is 2. The summed E-state index contributed by atoms with van der Waals surface area (Å²) in [7, 11) is -2.66. The molecule has 7 heteroatoms. The third-order valence-electron chi connectivity index (χ3n) is 10.1. The first kappa shape index (κ1) is 29.0. The number of amides is 1. The maximum Gasteiger partial charge on any atom is 0.270 e. The molecule has 232 valence electrons. The first-order chi connectivity index (χ1) is 22.3. The van der Waals surface area contributed by atoms with E-state index in [1.807, 2.05) is 12.1 Å². The van der Waals surface area contributed by atoms with Crippen LogP contribution in [0.4, 0.5) is 5.69 Å². The van der Waals surface area contributed by atoms with Gasteiger partial charge in [-0.05, 0) is 39.5 Å². The molecule has 46 heavy (non-hydrogen) atoms. The Morgan fingerprint density at radius 1 is 0.870 bits per heavy atom. The third kappa shape index (κ3) is 4.19. The van der Waals surface area contributed by atoms with Gasteiger partial charge in [-0.3, -0.25) is 4.79 Å². The summed E-state index contributed by atoms with van der Waals surface area (Å²) in [5.41, 5.74) is 6.80. The molecule has 6 nitrogen and oxygen atoms in total. The fourth-order valence-electron chi connectivity index (χ4n) is 8.30. The molecule has 0 saturated carbocycles. The highest BCUT2D eigenvalue weighted by Crippen LogP contribution is 2.53. The Bertz CT molecular complexity index is 1950. The van der Waals surface area contributed by atoms with Gasteiger partial charge in [-0.1, -0.05) is 118 Å². The zero-order chi connectivity index (χ0) is 31.6. The zero-order valence-corrected chi connectivity index (χ0v) is 27.5. The molecular weight excluding hydrogens is 587 g/mol. The summed E-state index contributed by atoms with van der Waals surface area (Å²) in [5.74, 6) is -0.217. The van der Waals surface area contributed by atoms with Crippen LogP contribution < -0.4 is 20.6 Å². The van der Waals surface area contributed by atoms with Gasteiger partial charge < -0.3 is 24.3 Å². The van der Waals surface area contributed by atoms with E-state index in [-0.39, 0.29) is 17.0 Å². The van der Waals surface area contributed by atoms with Crippen LogP contribution in [0.2, 0.25) is 5.04 Å². The molecule has 1 aromatic heterocycles. The van der Waals surface area contributed by atoms with Crippen molar-refractivity contribution in [1.82, 2.24) is 9.88 Å². The lowest BCUT2D eigenvalue weighted by Crippen LogP contribution is -2.66. The first-order valence-corrected chi connectivity index (χ1v) is 18.2. The van der Waals surface area contributed by atoms with Crippen molar-refractivity contribution in [2.45, 2.75) is 57.5 Å². The molecule has 0 saturated heterocycles. The van der Waals surface area contributed by atoms with Gasteiger partial charge in [0.05, 0.1) is 6.04 Å². The minimum absolute atomic E-state index is 0.0350. The summed E-state index contributed by atoms with van der Waals surface area (Å²) >= 11 is 0. The van der Waals surface area contributed by atoms with Gasteiger partial charge in [0.2, 0.25) is 0 Å². The Kier molecular flexibility index (Phi) is 6.83. The van der Waals surface area contributed by atoms with Gasteiger partial charge in [-0.15, -0.1) is 0 Å². The van der Waals surface area contributed by atoms with Crippen LogP contribution in [0.3, 0.4) is 0 Å². The number of carbonyl (C=O) groups excluding carboxylic acids is 1. The Morgan fingerprint density at radius 2 is 1.50 bits per heavy atom. The van der Waals surface area contributed by atoms with E-state index < -0.39 is 14.5 Å². The molecule has 2 unspecified atom stereocenters. The maximum atomic E-state index is 13.4. The van der Waals surface area contributed by atoms with E-state index >= 15 is 0 Å². The highest BCUT2D eigenvalue weighted by molar-refractivity contribution is 6.99. The van der Waals surface area contributed by atoms with E-state index in [9.17, 15) is 9.90 Å². The number of nitrogens with one attached hydrogen (secondary N) is 1. The number of aromatic nitrogens is 1. The largest absolute Gasteiger partial charge is 0.407 e. The number of para-hydroxylation sites is 2. The van der Waals surface area contributed by atoms with Crippen molar-refractivity contribution < 1.29 is 14.3 Å². The van der Waals surface area contributed by atoms with E-state index in [0.29, 0.717) is 17.9 Å². The second kappa shape index (κ2) is 10.8. The highest BCUT2D eigenvalue weighted by atomic mass is 28.4. The lowest BCUT2D eigenvalue weighted by molar-refractivity contribution is -0.118. The van der Waals surface area contributed by atoms with Gasteiger partial charge in [0.25, 0.3) is 14.2 Å². The first-order valence-electron chi connectivity index (χ1n) is 16.3. The van der Waals surface area contributed by atoms with Crippen LogP contribution in [0.1, 0.15) is 50.1 Å². The molecule has 4 heterocycles. The Hall–Kier alpha value is -4.43. The molecule has 2 atom stereocenters. The summed E-state index contributed by atoms with van der Waals surface area (Å²) < 4.78 is 9.70. The summed E-state index contributed by atoms with van der Waals surface area (Å²) in [4.78, 5) is 15.5. The van der Waals surface area contributed by atoms with Crippen LogP contribution in [0.25, 0.3) is 16.5 Å². The van der Waals surface area contributed by atoms with Crippen LogP contribution in [-0.2, 0) is 22.2 Å². The molecule has 1 amide bonds. The van der Waals surface area contributed by atoms with Gasteiger partial charge in [-0.25, -0.2) is 0 Å². The normalized spacial score (nSPS) is 18.8. The Balaban J connectivity index is 1.20. The SMILES string of the molecule is CC(C)(C)[Si](OCCCn1c2c(c3ccccc31)C1=C(C(=O)NC1O)N1c3ccccc3CC21)(c1ccccc1)c1ccccc1. The van der Waals surface area contributed by atoms with Crippen molar-refractivity contribution in [1.29, 1.82) is 0 Å².